The van der Waals surface area contributed by atoms with Crippen LogP contribution in [0.15, 0.2) is 50.7 Å². The molecule has 1 aliphatic carbocycles. The first-order chi connectivity index (χ1) is 21.0. The van der Waals surface area contributed by atoms with Crippen molar-refractivity contribution in [1.29, 1.82) is 0 Å². The van der Waals surface area contributed by atoms with Gasteiger partial charge in [0.15, 0.2) is 28.4 Å². The first-order valence-corrected chi connectivity index (χ1v) is 15.6. The lowest BCUT2D eigenvalue weighted by Crippen LogP contribution is -2.37. The van der Waals surface area contributed by atoms with Crippen LogP contribution in [0.1, 0.15) is 80.6 Å². The summed E-state index contributed by atoms with van der Waals surface area (Å²) in [7, 11) is 1.26. The second kappa shape index (κ2) is 13.2. The molecular formula is C31H33ClF2N4O5S. The van der Waals surface area contributed by atoms with Crippen LogP contribution in [0.25, 0.3) is 0 Å². The summed E-state index contributed by atoms with van der Waals surface area (Å²) in [6.45, 7) is 5.72. The fraction of sp³-hybridized carbons (Fsp3) is 0.452. The van der Waals surface area contributed by atoms with Crippen molar-refractivity contribution in [1.82, 2.24) is 15.3 Å². The van der Waals surface area contributed by atoms with Crippen molar-refractivity contribution < 1.29 is 32.3 Å². The van der Waals surface area contributed by atoms with E-state index in [1.54, 1.807) is 24.8 Å². The zero-order valence-corrected chi connectivity index (χ0v) is 26.4. The predicted octanol–water partition coefficient (Wildman–Crippen LogP) is 6.69. The van der Waals surface area contributed by atoms with Gasteiger partial charge in [0.25, 0.3) is 0 Å². The second-order valence-electron chi connectivity index (χ2n) is 11.4. The minimum absolute atomic E-state index is 0.0417. The Balaban J connectivity index is 1.42. The summed E-state index contributed by atoms with van der Waals surface area (Å²) >= 11 is 7.63. The van der Waals surface area contributed by atoms with Crippen molar-refractivity contribution >= 4 is 40.7 Å². The lowest BCUT2D eigenvalue weighted by atomic mass is 9.78. The SMILES string of the molecule is CCOC(=O)C(C)(C)Cc1coc([C@H]2CC[C@H](C3=C(C(=O)OC)C(c4ccc(F)c(F)c4Cl)N=C(c4nccs4)N3)CC2)n1. The van der Waals surface area contributed by atoms with E-state index in [-0.39, 0.29) is 28.9 Å². The Kier molecular flexibility index (Phi) is 9.50. The van der Waals surface area contributed by atoms with Gasteiger partial charge in [0.05, 0.1) is 35.4 Å². The fourth-order valence-electron chi connectivity index (χ4n) is 5.72. The van der Waals surface area contributed by atoms with Crippen molar-refractivity contribution in [2.45, 2.75) is 64.8 Å². The number of carbonyl (C=O) groups excluding carboxylic acids is 2. The molecule has 0 bridgehead atoms. The second-order valence-corrected chi connectivity index (χ2v) is 12.7. The van der Waals surface area contributed by atoms with E-state index in [4.69, 9.17) is 35.5 Å². The lowest BCUT2D eigenvalue weighted by molar-refractivity contribution is -0.153. The van der Waals surface area contributed by atoms with Gasteiger partial charge in [-0.05, 0) is 58.4 Å². The number of oxazole rings is 1. The molecule has 234 valence electrons. The molecule has 1 fully saturated rings. The predicted molar refractivity (Wildman–Crippen MR) is 160 cm³/mol. The molecule has 13 heteroatoms. The zero-order chi connectivity index (χ0) is 31.6. The van der Waals surface area contributed by atoms with Crippen LogP contribution in [0, 0.1) is 23.0 Å². The molecule has 0 saturated heterocycles. The van der Waals surface area contributed by atoms with E-state index in [9.17, 15) is 18.4 Å². The number of carbonyl (C=O) groups is 2. The summed E-state index contributed by atoms with van der Waals surface area (Å²) in [5.41, 5.74) is 0.856. The van der Waals surface area contributed by atoms with E-state index >= 15 is 0 Å². The van der Waals surface area contributed by atoms with Gasteiger partial charge in [0.2, 0.25) is 0 Å². The molecule has 0 amide bonds. The Hall–Kier alpha value is -3.64. The molecule has 0 spiro atoms. The van der Waals surface area contributed by atoms with Crippen molar-refractivity contribution in [2.75, 3.05) is 13.7 Å². The molecular weight excluding hydrogens is 614 g/mol. The molecule has 3 aromatic rings. The first-order valence-electron chi connectivity index (χ1n) is 14.4. The van der Waals surface area contributed by atoms with Crippen molar-refractivity contribution in [2.24, 2.45) is 16.3 Å². The monoisotopic (exact) mass is 646 g/mol. The number of benzene rings is 1. The molecule has 44 heavy (non-hydrogen) atoms. The van der Waals surface area contributed by atoms with Gasteiger partial charge in [-0.15, -0.1) is 11.3 Å². The Morgan fingerprint density at radius 3 is 2.57 bits per heavy atom. The molecule has 9 nitrogen and oxygen atoms in total. The molecule has 2 aliphatic rings. The number of nitrogens with zero attached hydrogens (tertiary/aromatic N) is 3. The van der Waals surface area contributed by atoms with Gasteiger partial charge >= 0.3 is 11.9 Å². The van der Waals surface area contributed by atoms with Gasteiger partial charge in [0.1, 0.15) is 12.3 Å². The van der Waals surface area contributed by atoms with E-state index in [0.29, 0.717) is 66.8 Å². The number of aliphatic imine (C=N–C) groups is 1. The standard InChI is InChI=1S/C31H33ClF2N4O5S/c1-5-42-30(40)31(2,3)14-18-15-43-27(36-18)17-8-6-16(7-9-17)24-21(29(39)41-4)25(19-10-11-20(33)23(34)22(19)32)38-26(37-24)28-35-12-13-44-28/h10-13,15-17,25H,5-9,14H2,1-4H3,(H,37,38)/t16-,17-,25?. The maximum Gasteiger partial charge on any atom is 0.338 e. The number of aromatic nitrogens is 2. The van der Waals surface area contributed by atoms with Crippen LogP contribution in [0.3, 0.4) is 0 Å². The van der Waals surface area contributed by atoms with Gasteiger partial charge in [-0.1, -0.05) is 17.7 Å². The fourth-order valence-corrected chi connectivity index (χ4v) is 6.56. The third-order valence-corrected chi connectivity index (χ3v) is 9.14. The highest BCUT2D eigenvalue weighted by molar-refractivity contribution is 7.11. The highest BCUT2D eigenvalue weighted by Gasteiger charge is 2.39. The van der Waals surface area contributed by atoms with Crippen molar-refractivity contribution in [3.05, 3.63) is 80.1 Å². The molecule has 0 radical (unpaired) electrons. The minimum Gasteiger partial charge on any atom is -0.466 e. The molecule has 1 unspecified atom stereocenters. The van der Waals surface area contributed by atoms with Crippen LogP contribution in [0.4, 0.5) is 8.78 Å². The average molecular weight is 647 g/mol. The minimum atomic E-state index is -1.21. The highest BCUT2D eigenvalue weighted by Crippen LogP contribution is 2.44. The zero-order valence-electron chi connectivity index (χ0n) is 24.8. The van der Waals surface area contributed by atoms with Gasteiger partial charge in [0, 0.05) is 35.2 Å². The third-order valence-electron chi connectivity index (χ3n) is 7.98. The molecule has 2 aromatic heterocycles. The maximum absolute atomic E-state index is 14.6. The summed E-state index contributed by atoms with van der Waals surface area (Å²) < 4.78 is 44.8. The van der Waals surface area contributed by atoms with Crippen LogP contribution < -0.4 is 5.32 Å². The van der Waals surface area contributed by atoms with Crippen LogP contribution in [0.2, 0.25) is 5.02 Å². The summed E-state index contributed by atoms with van der Waals surface area (Å²) in [5.74, 6) is -2.32. The Morgan fingerprint density at radius 2 is 1.91 bits per heavy atom. The third kappa shape index (κ3) is 6.41. The normalized spacial score (nSPS) is 20.6. The Labute approximate surface area is 262 Å². The maximum atomic E-state index is 14.6. The number of thiazole rings is 1. The number of esters is 2. The topological polar surface area (TPSA) is 116 Å². The quantitative estimate of drug-likeness (QED) is 0.202. The van der Waals surface area contributed by atoms with Crippen molar-refractivity contribution in [3.63, 3.8) is 0 Å². The van der Waals surface area contributed by atoms with Gasteiger partial charge in [-0.3, -0.25) is 9.79 Å². The van der Waals surface area contributed by atoms with Crippen LogP contribution >= 0.6 is 22.9 Å². The van der Waals surface area contributed by atoms with E-state index < -0.39 is 34.1 Å². The molecule has 1 N–H and O–H groups in total. The van der Waals surface area contributed by atoms with Gasteiger partial charge in [-0.25, -0.2) is 23.5 Å². The molecule has 1 aromatic carbocycles. The number of nitrogens with one attached hydrogen (secondary N) is 1. The number of amidine groups is 1. The number of halogens is 3. The number of rotatable bonds is 9. The van der Waals surface area contributed by atoms with Crippen LogP contribution in [-0.2, 0) is 25.5 Å². The van der Waals surface area contributed by atoms with Crippen LogP contribution in [0.5, 0.6) is 0 Å². The Bertz CT molecular complexity index is 1600. The average Bonchev–Trinajstić information content (AvgIpc) is 3.72. The van der Waals surface area contributed by atoms with E-state index in [2.05, 4.69) is 10.3 Å². The summed E-state index contributed by atoms with van der Waals surface area (Å²) in [5, 5.41) is 5.24. The van der Waals surface area contributed by atoms with E-state index in [0.717, 1.165) is 6.07 Å². The summed E-state index contributed by atoms with van der Waals surface area (Å²) in [6.07, 6.45) is 6.38. The van der Waals surface area contributed by atoms with E-state index in [1.807, 2.05) is 13.8 Å². The van der Waals surface area contributed by atoms with Crippen molar-refractivity contribution in [3.8, 4) is 0 Å². The molecule has 1 aliphatic heterocycles. The lowest BCUT2D eigenvalue weighted by Gasteiger charge is -2.34. The largest absolute Gasteiger partial charge is 0.466 e. The molecule has 1 atom stereocenters. The number of allylic oxidation sites excluding steroid dienone is 1. The first kappa shape index (κ1) is 31.8. The Morgan fingerprint density at radius 1 is 1.18 bits per heavy atom. The highest BCUT2D eigenvalue weighted by atomic mass is 35.5. The smallest absolute Gasteiger partial charge is 0.338 e. The molecule has 1 saturated carbocycles. The number of hydrogen-bond donors (Lipinski definition) is 1. The molecule has 5 rings (SSSR count). The summed E-state index contributed by atoms with van der Waals surface area (Å²) in [6, 6.07) is 1.26. The summed E-state index contributed by atoms with van der Waals surface area (Å²) in [4.78, 5) is 39.4. The number of ether oxygens (including phenoxy) is 2. The van der Waals surface area contributed by atoms with Gasteiger partial charge in [-0.2, -0.15) is 0 Å². The van der Waals surface area contributed by atoms with Gasteiger partial charge < -0.3 is 19.2 Å². The van der Waals surface area contributed by atoms with E-state index in [1.165, 1.54) is 24.5 Å². The number of hydrogen-bond acceptors (Lipinski definition) is 10. The number of methoxy groups -OCH3 is 1. The molecule has 3 heterocycles. The van der Waals surface area contributed by atoms with Crippen LogP contribution in [-0.4, -0.2) is 41.5 Å².